The maximum atomic E-state index is 12.2. The quantitative estimate of drug-likeness (QED) is 0.761. The number of H-pyrrole nitrogens is 1. The molecule has 1 saturated heterocycles. The summed E-state index contributed by atoms with van der Waals surface area (Å²) in [6, 6.07) is 7.47. The first kappa shape index (κ1) is 15.0. The van der Waals surface area contributed by atoms with Crippen LogP contribution in [-0.2, 0) is 13.1 Å². The van der Waals surface area contributed by atoms with Crippen LogP contribution in [0.2, 0.25) is 0 Å². The molecule has 2 aliphatic heterocycles. The SMILES string of the molecule is O=c1[nH]c(CN2CC3CC(C2)c2cccc(=O)n2C3)nc2ccsc12. The Bertz CT molecular complexity index is 1070. The molecule has 0 radical (unpaired) electrons. The summed E-state index contributed by atoms with van der Waals surface area (Å²) < 4.78 is 2.63. The van der Waals surface area contributed by atoms with Gasteiger partial charge in [0.25, 0.3) is 11.1 Å². The van der Waals surface area contributed by atoms with Crippen molar-refractivity contribution in [1.82, 2.24) is 19.4 Å². The summed E-state index contributed by atoms with van der Waals surface area (Å²) in [6.45, 7) is 3.26. The highest BCUT2D eigenvalue weighted by molar-refractivity contribution is 7.17. The van der Waals surface area contributed by atoms with Crippen LogP contribution in [0.4, 0.5) is 0 Å². The summed E-state index contributed by atoms with van der Waals surface area (Å²) in [5.74, 6) is 1.57. The third-order valence-electron chi connectivity index (χ3n) is 5.29. The van der Waals surface area contributed by atoms with E-state index in [0.717, 1.165) is 43.1 Å². The molecular formula is C18H18N4O2S. The van der Waals surface area contributed by atoms with Gasteiger partial charge in [-0.05, 0) is 29.9 Å². The van der Waals surface area contributed by atoms with Gasteiger partial charge in [0, 0.05) is 37.3 Å². The van der Waals surface area contributed by atoms with Gasteiger partial charge in [0.15, 0.2) is 0 Å². The van der Waals surface area contributed by atoms with Crippen molar-refractivity contribution in [2.45, 2.75) is 25.4 Å². The third kappa shape index (κ3) is 2.54. The molecule has 0 amide bonds. The number of hydrogen-bond donors (Lipinski definition) is 1. The Morgan fingerprint density at radius 3 is 3.04 bits per heavy atom. The Kier molecular flexibility index (Phi) is 3.39. The average molecular weight is 354 g/mol. The Labute approximate surface area is 147 Å². The molecule has 3 aromatic rings. The van der Waals surface area contributed by atoms with E-state index in [1.807, 2.05) is 22.1 Å². The van der Waals surface area contributed by atoms with Gasteiger partial charge in [-0.15, -0.1) is 11.3 Å². The normalized spacial score (nSPS) is 22.9. The van der Waals surface area contributed by atoms with Gasteiger partial charge < -0.3 is 9.55 Å². The zero-order valence-corrected chi connectivity index (χ0v) is 14.5. The summed E-state index contributed by atoms with van der Waals surface area (Å²) in [5, 5.41) is 1.90. The fourth-order valence-electron chi connectivity index (χ4n) is 4.33. The highest BCUT2D eigenvalue weighted by Crippen LogP contribution is 2.35. The second-order valence-corrected chi connectivity index (χ2v) is 7.96. The molecule has 2 atom stereocenters. The molecule has 2 unspecified atom stereocenters. The lowest BCUT2D eigenvalue weighted by molar-refractivity contribution is 0.112. The van der Waals surface area contributed by atoms with E-state index in [4.69, 9.17) is 0 Å². The van der Waals surface area contributed by atoms with Gasteiger partial charge in [0.1, 0.15) is 10.5 Å². The Morgan fingerprint density at radius 1 is 1.20 bits per heavy atom. The molecule has 0 saturated carbocycles. The number of hydrogen-bond acceptors (Lipinski definition) is 5. The third-order valence-corrected chi connectivity index (χ3v) is 6.20. The number of rotatable bonds is 2. The van der Waals surface area contributed by atoms with Crippen LogP contribution < -0.4 is 11.1 Å². The van der Waals surface area contributed by atoms with Crippen molar-refractivity contribution >= 4 is 21.6 Å². The van der Waals surface area contributed by atoms with Crippen LogP contribution in [-0.4, -0.2) is 32.5 Å². The number of nitrogens with zero attached hydrogens (tertiary/aromatic N) is 3. The van der Waals surface area contributed by atoms with Crippen molar-refractivity contribution < 1.29 is 0 Å². The van der Waals surface area contributed by atoms with E-state index in [1.54, 1.807) is 6.07 Å². The number of fused-ring (bicyclic) bond motifs is 5. The summed E-state index contributed by atoms with van der Waals surface area (Å²) in [5.41, 5.74) is 1.97. The topological polar surface area (TPSA) is 71.0 Å². The molecule has 2 bridgehead atoms. The Balaban J connectivity index is 1.43. The summed E-state index contributed by atoms with van der Waals surface area (Å²) in [7, 11) is 0. The van der Waals surface area contributed by atoms with Crippen molar-refractivity contribution in [2.24, 2.45) is 5.92 Å². The van der Waals surface area contributed by atoms with Gasteiger partial charge in [-0.3, -0.25) is 14.5 Å². The lowest BCUT2D eigenvalue weighted by Crippen LogP contribution is -2.46. The van der Waals surface area contributed by atoms with Crippen LogP contribution in [0.5, 0.6) is 0 Å². The second kappa shape index (κ2) is 5.64. The van der Waals surface area contributed by atoms with E-state index >= 15 is 0 Å². The zero-order valence-electron chi connectivity index (χ0n) is 13.6. The van der Waals surface area contributed by atoms with Crippen LogP contribution in [0.25, 0.3) is 10.2 Å². The first-order valence-corrected chi connectivity index (χ1v) is 9.44. The molecule has 1 N–H and O–H groups in total. The minimum atomic E-state index is -0.0518. The molecule has 3 aromatic heterocycles. The number of nitrogens with one attached hydrogen (secondary N) is 1. The Hall–Kier alpha value is -2.25. The van der Waals surface area contributed by atoms with Gasteiger partial charge in [-0.25, -0.2) is 4.98 Å². The van der Waals surface area contributed by atoms with Crippen LogP contribution in [0.3, 0.4) is 0 Å². The number of piperidine rings is 1. The lowest BCUT2D eigenvalue weighted by atomic mass is 9.83. The molecule has 5 heterocycles. The van der Waals surface area contributed by atoms with E-state index in [9.17, 15) is 9.59 Å². The summed E-state index contributed by atoms with van der Waals surface area (Å²) in [4.78, 5) is 34.1. The second-order valence-electron chi connectivity index (χ2n) is 7.04. The monoisotopic (exact) mass is 354 g/mol. The van der Waals surface area contributed by atoms with E-state index in [1.165, 1.54) is 11.3 Å². The molecule has 6 nitrogen and oxygen atoms in total. The molecule has 0 aliphatic carbocycles. The number of aromatic amines is 1. The molecule has 128 valence electrons. The van der Waals surface area contributed by atoms with Crippen molar-refractivity contribution in [2.75, 3.05) is 13.1 Å². The first-order chi connectivity index (χ1) is 12.2. The van der Waals surface area contributed by atoms with Crippen molar-refractivity contribution in [3.63, 3.8) is 0 Å². The molecule has 1 fully saturated rings. The van der Waals surface area contributed by atoms with Crippen LogP contribution >= 0.6 is 11.3 Å². The zero-order chi connectivity index (χ0) is 17.0. The fourth-order valence-corrected chi connectivity index (χ4v) is 5.06. The van der Waals surface area contributed by atoms with Crippen LogP contribution in [0.1, 0.15) is 23.9 Å². The molecule has 25 heavy (non-hydrogen) atoms. The highest BCUT2D eigenvalue weighted by atomic mass is 32.1. The summed E-state index contributed by atoms with van der Waals surface area (Å²) >= 11 is 1.42. The first-order valence-electron chi connectivity index (χ1n) is 8.56. The highest BCUT2D eigenvalue weighted by Gasteiger charge is 2.34. The van der Waals surface area contributed by atoms with Gasteiger partial charge in [-0.1, -0.05) is 6.07 Å². The number of thiophene rings is 1. The predicted octanol–water partition coefficient (Wildman–Crippen LogP) is 1.77. The average Bonchev–Trinajstić information content (AvgIpc) is 3.05. The minimum absolute atomic E-state index is 0.0518. The van der Waals surface area contributed by atoms with Crippen molar-refractivity contribution in [1.29, 1.82) is 0 Å². The molecular weight excluding hydrogens is 336 g/mol. The fraction of sp³-hybridized carbons (Fsp3) is 0.389. The molecule has 5 rings (SSSR count). The summed E-state index contributed by atoms with van der Waals surface area (Å²) in [6.07, 6.45) is 1.13. The van der Waals surface area contributed by atoms with E-state index in [2.05, 4.69) is 20.9 Å². The van der Waals surface area contributed by atoms with Crippen LogP contribution in [0, 0.1) is 5.92 Å². The lowest BCUT2D eigenvalue weighted by Gasteiger charge is -2.42. The maximum Gasteiger partial charge on any atom is 0.268 e. The van der Waals surface area contributed by atoms with Gasteiger partial charge in [0.05, 0.1) is 12.1 Å². The molecule has 0 spiro atoms. The van der Waals surface area contributed by atoms with Crippen LogP contribution in [0.15, 0.2) is 39.2 Å². The van der Waals surface area contributed by atoms with E-state index in [0.29, 0.717) is 23.1 Å². The molecule has 0 aromatic carbocycles. The predicted molar refractivity (Wildman–Crippen MR) is 97.1 cm³/mol. The molecule has 7 heteroatoms. The minimum Gasteiger partial charge on any atom is -0.312 e. The van der Waals surface area contributed by atoms with Gasteiger partial charge in [0.2, 0.25) is 0 Å². The van der Waals surface area contributed by atoms with E-state index < -0.39 is 0 Å². The smallest absolute Gasteiger partial charge is 0.268 e. The number of aromatic nitrogens is 3. The Morgan fingerprint density at radius 2 is 2.12 bits per heavy atom. The van der Waals surface area contributed by atoms with Gasteiger partial charge >= 0.3 is 0 Å². The standard InChI is InChI=1S/C18H18N4O2S/c23-16-3-1-2-14-12-6-11(8-22(14)16)7-21(9-12)10-15-19-13-4-5-25-17(13)18(24)20-15/h1-5,11-12H,6-10H2,(H,19,20,24). The number of likely N-dealkylation sites (tertiary alicyclic amines) is 1. The van der Waals surface area contributed by atoms with Crippen molar-refractivity contribution in [3.05, 3.63) is 61.9 Å². The van der Waals surface area contributed by atoms with Crippen molar-refractivity contribution in [3.8, 4) is 0 Å². The maximum absolute atomic E-state index is 12.2. The van der Waals surface area contributed by atoms with Gasteiger partial charge in [-0.2, -0.15) is 0 Å². The molecule has 2 aliphatic rings. The largest absolute Gasteiger partial charge is 0.312 e. The number of pyridine rings is 1. The van der Waals surface area contributed by atoms with E-state index in [-0.39, 0.29) is 11.1 Å².